The molecule has 2 heterocycles. The SMILES string of the molecule is O=C1CCCC23C=CC(CC12)O3. The van der Waals surface area contributed by atoms with Crippen LogP contribution in [0.4, 0.5) is 0 Å². The van der Waals surface area contributed by atoms with Crippen LogP contribution in [-0.4, -0.2) is 17.5 Å². The standard InChI is InChI=1S/C10H12O2/c11-9-2-1-4-10-5-3-7(12-10)6-8(9)10/h3,5,7-8H,1-2,4,6H2. The number of ether oxygens (including phenoxy) is 1. The molecule has 0 aromatic rings. The van der Waals surface area contributed by atoms with Crippen LogP contribution in [0.1, 0.15) is 25.7 Å². The molecule has 1 saturated carbocycles. The molecule has 1 aliphatic carbocycles. The van der Waals surface area contributed by atoms with Gasteiger partial charge in [-0.2, -0.15) is 0 Å². The van der Waals surface area contributed by atoms with E-state index in [1.165, 1.54) is 0 Å². The molecular weight excluding hydrogens is 152 g/mol. The van der Waals surface area contributed by atoms with Crippen molar-refractivity contribution in [2.24, 2.45) is 5.92 Å². The Hall–Kier alpha value is -0.630. The van der Waals surface area contributed by atoms with Crippen molar-refractivity contribution in [2.45, 2.75) is 37.4 Å². The molecule has 1 saturated heterocycles. The third-order valence-electron chi connectivity index (χ3n) is 3.40. The van der Waals surface area contributed by atoms with Gasteiger partial charge in [-0.15, -0.1) is 0 Å². The summed E-state index contributed by atoms with van der Waals surface area (Å²) >= 11 is 0. The molecule has 12 heavy (non-hydrogen) atoms. The fourth-order valence-electron chi connectivity index (χ4n) is 2.82. The van der Waals surface area contributed by atoms with E-state index in [1.54, 1.807) is 0 Å². The molecule has 0 N–H and O–H groups in total. The Morgan fingerprint density at radius 3 is 3.25 bits per heavy atom. The summed E-state index contributed by atoms with van der Waals surface area (Å²) in [5.74, 6) is 0.620. The van der Waals surface area contributed by atoms with Gasteiger partial charge in [0.25, 0.3) is 0 Å². The lowest BCUT2D eigenvalue weighted by atomic mass is 9.72. The Bertz CT molecular complexity index is 269. The van der Waals surface area contributed by atoms with Crippen molar-refractivity contribution in [2.75, 3.05) is 0 Å². The molecule has 0 amide bonds. The van der Waals surface area contributed by atoms with Crippen LogP contribution in [0.3, 0.4) is 0 Å². The molecule has 0 aromatic carbocycles. The highest BCUT2D eigenvalue weighted by Crippen LogP contribution is 2.49. The summed E-state index contributed by atoms with van der Waals surface area (Å²) in [4.78, 5) is 11.5. The van der Waals surface area contributed by atoms with Gasteiger partial charge in [-0.1, -0.05) is 12.2 Å². The zero-order chi connectivity index (χ0) is 8.18. The number of carbonyl (C=O) groups is 1. The Kier molecular flexibility index (Phi) is 1.14. The lowest BCUT2D eigenvalue weighted by Crippen LogP contribution is -2.40. The maximum absolute atomic E-state index is 11.5. The van der Waals surface area contributed by atoms with Gasteiger partial charge in [-0.3, -0.25) is 4.79 Å². The molecule has 3 aliphatic rings. The summed E-state index contributed by atoms with van der Waals surface area (Å²) in [5, 5.41) is 0. The van der Waals surface area contributed by atoms with E-state index in [2.05, 4.69) is 12.2 Å². The molecule has 1 spiro atoms. The third-order valence-corrected chi connectivity index (χ3v) is 3.40. The van der Waals surface area contributed by atoms with Crippen LogP contribution in [-0.2, 0) is 9.53 Å². The molecule has 2 bridgehead atoms. The summed E-state index contributed by atoms with van der Waals surface area (Å²) in [7, 11) is 0. The summed E-state index contributed by atoms with van der Waals surface area (Å²) in [5.41, 5.74) is -0.153. The number of hydrogen-bond donors (Lipinski definition) is 0. The number of fused-ring (bicyclic) bond motifs is 1. The smallest absolute Gasteiger partial charge is 0.139 e. The van der Waals surface area contributed by atoms with E-state index in [1.807, 2.05) is 0 Å². The predicted molar refractivity (Wildman–Crippen MR) is 43.7 cm³/mol. The van der Waals surface area contributed by atoms with Crippen LogP contribution in [0.25, 0.3) is 0 Å². The number of Topliss-reactive ketones (excluding diaryl/α,β-unsaturated/α-hetero) is 1. The first-order chi connectivity index (χ1) is 5.80. The monoisotopic (exact) mass is 164 g/mol. The first kappa shape index (κ1) is 6.84. The van der Waals surface area contributed by atoms with Crippen LogP contribution in [0.5, 0.6) is 0 Å². The summed E-state index contributed by atoms with van der Waals surface area (Å²) in [6, 6.07) is 0. The van der Waals surface area contributed by atoms with Gasteiger partial charge in [0.2, 0.25) is 0 Å². The van der Waals surface area contributed by atoms with Crippen LogP contribution in [0.2, 0.25) is 0 Å². The average molecular weight is 164 g/mol. The van der Waals surface area contributed by atoms with E-state index >= 15 is 0 Å². The van der Waals surface area contributed by atoms with E-state index in [4.69, 9.17) is 4.74 Å². The van der Waals surface area contributed by atoms with Gasteiger partial charge in [-0.25, -0.2) is 0 Å². The molecule has 2 heteroatoms. The van der Waals surface area contributed by atoms with Gasteiger partial charge in [0, 0.05) is 6.42 Å². The zero-order valence-corrected chi connectivity index (χ0v) is 6.95. The highest BCUT2D eigenvalue weighted by molar-refractivity contribution is 5.84. The van der Waals surface area contributed by atoms with Crippen molar-refractivity contribution in [3.05, 3.63) is 12.2 Å². The highest BCUT2D eigenvalue weighted by Gasteiger charge is 2.54. The van der Waals surface area contributed by atoms with E-state index in [0.29, 0.717) is 5.78 Å². The van der Waals surface area contributed by atoms with Crippen LogP contribution < -0.4 is 0 Å². The molecule has 64 valence electrons. The molecule has 0 radical (unpaired) electrons. The Morgan fingerprint density at radius 1 is 1.58 bits per heavy atom. The molecule has 3 unspecified atom stereocenters. The van der Waals surface area contributed by atoms with Crippen LogP contribution in [0, 0.1) is 5.92 Å². The second-order valence-corrected chi connectivity index (χ2v) is 4.08. The molecular formula is C10H12O2. The lowest BCUT2D eigenvalue weighted by Gasteiger charge is -2.33. The second kappa shape index (κ2) is 1.99. The van der Waals surface area contributed by atoms with E-state index < -0.39 is 0 Å². The third kappa shape index (κ3) is 0.667. The van der Waals surface area contributed by atoms with Crippen LogP contribution in [0.15, 0.2) is 12.2 Å². The Labute approximate surface area is 71.6 Å². The van der Waals surface area contributed by atoms with Gasteiger partial charge in [0.15, 0.2) is 0 Å². The highest BCUT2D eigenvalue weighted by atomic mass is 16.5. The zero-order valence-electron chi connectivity index (χ0n) is 6.95. The molecule has 2 aliphatic heterocycles. The second-order valence-electron chi connectivity index (χ2n) is 4.08. The molecule has 3 rings (SSSR count). The van der Waals surface area contributed by atoms with E-state index in [9.17, 15) is 4.79 Å². The topological polar surface area (TPSA) is 26.3 Å². The maximum atomic E-state index is 11.5. The fourth-order valence-corrected chi connectivity index (χ4v) is 2.82. The largest absolute Gasteiger partial charge is 0.363 e. The van der Waals surface area contributed by atoms with Crippen molar-refractivity contribution < 1.29 is 9.53 Å². The first-order valence-corrected chi connectivity index (χ1v) is 4.70. The van der Waals surface area contributed by atoms with Crippen LogP contribution >= 0.6 is 0 Å². The molecule has 0 aromatic heterocycles. The average Bonchev–Trinajstić information content (AvgIpc) is 2.60. The molecule has 3 atom stereocenters. The van der Waals surface area contributed by atoms with Gasteiger partial charge in [0.05, 0.1) is 17.6 Å². The van der Waals surface area contributed by atoms with Crippen molar-refractivity contribution in [1.82, 2.24) is 0 Å². The van der Waals surface area contributed by atoms with Gasteiger partial charge < -0.3 is 4.74 Å². The fraction of sp³-hybridized carbons (Fsp3) is 0.700. The summed E-state index contributed by atoms with van der Waals surface area (Å²) < 4.78 is 5.80. The minimum absolute atomic E-state index is 0.153. The molecule has 2 fully saturated rings. The Balaban J connectivity index is 2.03. The quantitative estimate of drug-likeness (QED) is 0.506. The number of carbonyl (C=O) groups excluding carboxylic acids is 1. The van der Waals surface area contributed by atoms with E-state index in [-0.39, 0.29) is 17.6 Å². The number of rotatable bonds is 0. The first-order valence-electron chi connectivity index (χ1n) is 4.70. The normalized spacial score (nSPS) is 49.8. The van der Waals surface area contributed by atoms with Crippen molar-refractivity contribution >= 4 is 5.78 Å². The minimum atomic E-state index is -0.153. The Morgan fingerprint density at radius 2 is 2.50 bits per heavy atom. The van der Waals surface area contributed by atoms with Gasteiger partial charge in [0.1, 0.15) is 5.78 Å². The number of ketones is 1. The van der Waals surface area contributed by atoms with E-state index in [0.717, 1.165) is 25.7 Å². The summed E-state index contributed by atoms with van der Waals surface area (Å²) in [6.07, 6.45) is 8.27. The van der Waals surface area contributed by atoms with Crippen molar-refractivity contribution in [3.63, 3.8) is 0 Å². The van der Waals surface area contributed by atoms with Crippen molar-refractivity contribution in [1.29, 1.82) is 0 Å². The van der Waals surface area contributed by atoms with Gasteiger partial charge >= 0.3 is 0 Å². The lowest BCUT2D eigenvalue weighted by molar-refractivity contribution is -0.130. The number of hydrogen-bond acceptors (Lipinski definition) is 2. The van der Waals surface area contributed by atoms with Crippen molar-refractivity contribution in [3.8, 4) is 0 Å². The maximum Gasteiger partial charge on any atom is 0.139 e. The summed E-state index contributed by atoms with van der Waals surface area (Å²) in [6.45, 7) is 0. The molecule has 2 nitrogen and oxygen atoms in total. The minimum Gasteiger partial charge on any atom is -0.363 e. The van der Waals surface area contributed by atoms with Gasteiger partial charge in [-0.05, 0) is 19.3 Å². The predicted octanol–water partition coefficient (Wildman–Crippen LogP) is 1.45.